The molecule has 2 aliphatic rings. The zero-order valence-electron chi connectivity index (χ0n) is 18.3. The predicted molar refractivity (Wildman–Crippen MR) is 117 cm³/mol. The van der Waals surface area contributed by atoms with Gasteiger partial charge in [0.25, 0.3) is 0 Å². The molecule has 166 valence electrons. The number of amides is 2. The number of rotatable bonds is 7. The normalized spacial score (nSPS) is 19.2. The second kappa shape index (κ2) is 10.1. The second-order valence-electron chi connectivity index (χ2n) is 8.18. The third-order valence-electron chi connectivity index (χ3n) is 6.28. The number of nitrogens with one attached hydrogen (secondary N) is 2. The van der Waals surface area contributed by atoms with Crippen molar-refractivity contribution in [2.75, 3.05) is 63.3 Å². The Morgan fingerprint density at radius 3 is 2.50 bits per heavy atom. The molecule has 2 amide bonds. The van der Waals surface area contributed by atoms with Crippen LogP contribution in [0.5, 0.6) is 0 Å². The van der Waals surface area contributed by atoms with E-state index in [-0.39, 0.29) is 11.6 Å². The summed E-state index contributed by atoms with van der Waals surface area (Å²) < 4.78 is 10.3. The first-order valence-corrected chi connectivity index (χ1v) is 10.8. The van der Waals surface area contributed by atoms with Gasteiger partial charge in [0, 0.05) is 38.3 Å². The number of carbonyl (C=O) groups excluding carboxylic acids is 2. The van der Waals surface area contributed by atoms with Gasteiger partial charge < -0.3 is 25.0 Å². The summed E-state index contributed by atoms with van der Waals surface area (Å²) in [5.74, 6) is -0.419. The molecule has 1 aromatic rings. The van der Waals surface area contributed by atoms with Crippen LogP contribution in [0.2, 0.25) is 0 Å². The van der Waals surface area contributed by atoms with Gasteiger partial charge in [0.05, 0.1) is 37.3 Å². The van der Waals surface area contributed by atoms with Crippen molar-refractivity contribution < 1.29 is 19.1 Å². The van der Waals surface area contributed by atoms with Crippen molar-refractivity contribution in [2.45, 2.75) is 38.6 Å². The van der Waals surface area contributed by atoms with Crippen molar-refractivity contribution in [3.05, 3.63) is 23.8 Å². The van der Waals surface area contributed by atoms with Gasteiger partial charge in [-0.05, 0) is 44.4 Å². The number of morpholine rings is 1. The van der Waals surface area contributed by atoms with Crippen LogP contribution in [-0.2, 0) is 9.47 Å². The number of benzene rings is 1. The van der Waals surface area contributed by atoms with Crippen LogP contribution in [0.4, 0.5) is 16.2 Å². The fourth-order valence-corrected chi connectivity index (χ4v) is 4.12. The molecular weight excluding hydrogens is 384 g/mol. The Bertz CT molecular complexity index is 745. The number of esters is 1. The van der Waals surface area contributed by atoms with E-state index in [0.29, 0.717) is 17.8 Å². The van der Waals surface area contributed by atoms with Crippen molar-refractivity contribution in [1.29, 1.82) is 0 Å². The summed E-state index contributed by atoms with van der Waals surface area (Å²) in [5.41, 5.74) is 1.85. The third kappa shape index (κ3) is 5.23. The Kier molecular flexibility index (Phi) is 7.55. The lowest BCUT2D eigenvalue weighted by atomic mass is 9.95. The number of urea groups is 1. The van der Waals surface area contributed by atoms with Crippen molar-refractivity contribution >= 4 is 23.4 Å². The monoisotopic (exact) mass is 418 g/mol. The van der Waals surface area contributed by atoms with Crippen molar-refractivity contribution in [3.8, 4) is 0 Å². The summed E-state index contributed by atoms with van der Waals surface area (Å²) in [6, 6.07) is 5.05. The minimum absolute atomic E-state index is 0.132. The molecule has 1 unspecified atom stereocenters. The van der Waals surface area contributed by atoms with Crippen LogP contribution in [0, 0.1) is 0 Å². The van der Waals surface area contributed by atoms with Crippen LogP contribution in [-0.4, -0.2) is 75.5 Å². The largest absolute Gasteiger partial charge is 0.465 e. The summed E-state index contributed by atoms with van der Waals surface area (Å²) in [4.78, 5) is 29.4. The quantitative estimate of drug-likeness (QED) is 0.663. The Balaban J connectivity index is 1.70. The highest BCUT2D eigenvalue weighted by molar-refractivity contribution is 5.97. The molecular formula is C22H34N4O4. The molecule has 0 spiro atoms. The van der Waals surface area contributed by atoms with Crippen LogP contribution >= 0.6 is 0 Å². The average Bonchev–Trinajstić information content (AvgIpc) is 3.32. The van der Waals surface area contributed by atoms with E-state index in [1.807, 2.05) is 6.07 Å². The van der Waals surface area contributed by atoms with Gasteiger partial charge in [0.1, 0.15) is 0 Å². The van der Waals surface area contributed by atoms with E-state index >= 15 is 0 Å². The first-order valence-electron chi connectivity index (χ1n) is 10.8. The standard InChI is InChI=1S/C22H34N4O4/c1-4-22(2,26-11-13-30-14-12-26)16-23-21(28)24-18-15-17(20(27)29-3)7-8-19(18)25-9-5-6-10-25/h7-8,15H,4-6,9-14,16H2,1-3H3,(H2,23,24,28). The highest BCUT2D eigenvalue weighted by atomic mass is 16.5. The molecule has 0 aliphatic carbocycles. The van der Waals surface area contributed by atoms with Crippen LogP contribution < -0.4 is 15.5 Å². The number of ether oxygens (including phenoxy) is 2. The maximum absolute atomic E-state index is 12.8. The minimum atomic E-state index is -0.419. The van der Waals surface area contributed by atoms with E-state index < -0.39 is 5.97 Å². The smallest absolute Gasteiger partial charge is 0.337 e. The lowest BCUT2D eigenvalue weighted by molar-refractivity contribution is -0.0163. The van der Waals surface area contributed by atoms with Crippen LogP contribution in [0.1, 0.15) is 43.5 Å². The molecule has 0 radical (unpaired) electrons. The van der Waals surface area contributed by atoms with E-state index in [9.17, 15) is 9.59 Å². The number of hydrogen-bond acceptors (Lipinski definition) is 6. The molecule has 3 rings (SSSR count). The van der Waals surface area contributed by atoms with Gasteiger partial charge in [0.2, 0.25) is 0 Å². The van der Waals surface area contributed by atoms with Gasteiger partial charge in [-0.15, -0.1) is 0 Å². The molecule has 2 N–H and O–H groups in total. The molecule has 2 saturated heterocycles. The van der Waals surface area contributed by atoms with Crippen molar-refractivity contribution in [1.82, 2.24) is 10.2 Å². The lowest BCUT2D eigenvalue weighted by Crippen LogP contribution is -2.57. The maximum atomic E-state index is 12.8. The average molecular weight is 419 g/mol. The molecule has 2 aliphatic heterocycles. The number of nitrogens with zero attached hydrogens (tertiary/aromatic N) is 2. The highest BCUT2D eigenvalue weighted by Crippen LogP contribution is 2.30. The first kappa shape index (κ1) is 22.4. The van der Waals surface area contributed by atoms with Gasteiger partial charge in [-0.1, -0.05) is 6.92 Å². The number of carbonyl (C=O) groups is 2. The molecule has 2 fully saturated rings. The molecule has 1 atom stereocenters. The van der Waals surface area contributed by atoms with E-state index in [1.54, 1.807) is 12.1 Å². The summed E-state index contributed by atoms with van der Waals surface area (Å²) >= 11 is 0. The van der Waals surface area contributed by atoms with Gasteiger partial charge in [-0.2, -0.15) is 0 Å². The molecule has 0 aromatic heterocycles. The van der Waals surface area contributed by atoms with Crippen LogP contribution in [0.15, 0.2) is 18.2 Å². The van der Waals surface area contributed by atoms with Gasteiger partial charge in [-0.25, -0.2) is 9.59 Å². The lowest BCUT2D eigenvalue weighted by Gasteiger charge is -2.43. The van der Waals surface area contributed by atoms with Gasteiger partial charge >= 0.3 is 12.0 Å². The Hall–Kier alpha value is -2.32. The SMILES string of the molecule is CCC(C)(CNC(=O)Nc1cc(C(=O)OC)ccc1N1CCCC1)N1CCOCC1. The summed E-state index contributed by atoms with van der Waals surface area (Å²) in [5, 5.41) is 6.00. The molecule has 30 heavy (non-hydrogen) atoms. The van der Waals surface area contributed by atoms with Crippen molar-refractivity contribution in [3.63, 3.8) is 0 Å². The predicted octanol–water partition coefficient (Wildman–Crippen LogP) is 2.70. The topological polar surface area (TPSA) is 83.1 Å². The minimum Gasteiger partial charge on any atom is -0.465 e. The summed E-state index contributed by atoms with van der Waals surface area (Å²) in [7, 11) is 1.35. The Morgan fingerprint density at radius 1 is 1.17 bits per heavy atom. The van der Waals surface area contributed by atoms with Crippen LogP contribution in [0.3, 0.4) is 0 Å². The van der Waals surface area contributed by atoms with E-state index in [2.05, 4.69) is 34.3 Å². The molecule has 0 bridgehead atoms. The second-order valence-corrected chi connectivity index (χ2v) is 8.18. The molecule has 8 nitrogen and oxygen atoms in total. The van der Waals surface area contributed by atoms with E-state index in [4.69, 9.17) is 9.47 Å². The molecule has 2 heterocycles. The zero-order valence-corrected chi connectivity index (χ0v) is 18.3. The van der Waals surface area contributed by atoms with Crippen molar-refractivity contribution in [2.24, 2.45) is 0 Å². The number of anilines is 2. The number of hydrogen-bond donors (Lipinski definition) is 2. The number of methoxy groups -OCH3 is 1. The summed E-state index contributed by atoms with van der Waals surface area (Å²) in [6.07, 6.45) is 3.17. The first-order chi connectivity index (χ1) is 14.5. The fraction of sp³-hybridized carbons (Fsp3) is 0.636. The Labute approximate surface area is 178 Å². The molecule has 0 saturated carbocycles. The van der Waals surface area contributed by atoms with E-state index in [1.165, 1.54) is 7.11 Å². The highest BCUT2D eigenvalue weighted by Gasteiger charge is 2.31. The zero-order chi connectivity index (χ0) is 21.6. The Morgan fingerprint density at radius 2 is 1.87 bits per heavy atom. The molecule has 8 heteroatoms. The maximum Gasteiger partial charge on any atom is 0.337 e. The van der Waals surface area contributed by atoms with Gasteiger partial charge in [0.15, 0.2) is 0 Å². The van der Waals surface area contributed by atoms with Crippen LogP contribution in [0.25, 0.3) is 0 Å². The fourth-order valence-electron chi connectivity index (χ4n) is 4.12. The third-order valence-corrected chi connectivity index (χ3v) is 6.28. The summed E-state index contributed by atoms with van der Waals surface area (Å²) in [6.45, 7) is 9.92. The molecule has 1 aromatic carbocycles. The van der Waals surface area contributed by atoms with Gasteiger partial charge in [-0.3, -0.25) is 4.90 Å². The van der Waals surface area contributed by atoms with E-state index in [0.717, 1.165) is 64.3 Å².